The van der Waals surface area contributed by atoms with E-state index in [0.29, 0.717) is 25.4 Å². The van der Waals surface area contributed by atoms with Crippen molar-refractivity contribution in [1.82, 2.24) is 4.90 Å². The zero-order chi connectivity index (χ0) is 11.3. The maximum Gasteiger partial charge on any atom is 0.261 e. The summed E-state index contributed by atoms with van der Waals surface area (Å²) in [6, 6.07) is 0. The molecule has 15 heavy (non-hydrogen) atoms. The fraction of sp³-hybridized carbons (Fsp3) is 0.900. The Bertz CT molecular complexity index is 212. The summed E-state index contributed by atoms with van der Waals surface area (Å²) < 4.78 is 28.2. The van der Waals surface area contributed by atoms with Gasteiger partial charge in [-0.25, -0.2) is 8.78 Å². The average Bonchev–Trinajstić information content (AvgIpc) is 2.18. The molecule has 1 unspecified atom stereocenters. The molecule has 0 aromatic heterocycles. The van der Waals surface area contributed by atoms with Gasteiger partial charge in [-0.15, -0.1) is 0 Å². The van der Waals surface area contributed by atoms with E-state index in [1.54, 1.807) is 0 Å². The summed E-state index contributed by atoms with van der Waals surface area (Å²) in [4.78, 5) is 13.3. The van der Waals surface area contributed by atoms with Crippen LogP contribution in [0.2, 0.25) is 0 Å². The second-order valence-electron chi connectivity index (χ2n) is 3.88. The number of ether oxygens (including phenoxy) is 1. The van der Waals surface area contributed by atoms with Gasteiger partial charge in [0, 0.05) is 32.0 Å². The van der Waals surface area contributed by atoms with E-state index in [2.05, 4.69) is 4.90 Å². The molecule has 88 valence electrons. The molecule has 0 amide bonds. The first-order valence-electron chi connectivity index (χ1n) is 5.20. The van der Waals surface area contributed by atoms with Crippen molar-refractivity contribution in [1.29, 1.82) is 0 Å². The van der Waals surface area contributed by atoms with E-state index in [4.69, 9.17) is 4.74 Å². The van der Waals surface area contributed by atoms with Crippen LogP contribution in [0.5, 0.6) is 0 Å². The Kier molecular flexibility index (Phi) is 5.11. The first-order chi connectivity index (χ1) is 7.09. The minimum Gasteiger partial charge on any atom is -0.374 e. The lowest BCUT2D eigenvalue weighted by Crippen LogP contribution is -2.41. The largest absolute Gasteiger partial charge is 0.374 e. The fourth-order valence-corrected chi connectivity index (χ4v) is 1.66. The summed E-state index contributed by atoms with van der Waals surface area (Å²) in [7, 11) is 0. The van der Waals surface area contributed by atoms with Gasteiger partial charge in [-0.3, -0.25) is 9.69 Å². The van der Waals surface area contributed by atoms with E-state index in [0.717, 1.165) is 13.1 Å². The molecule has 0 aliphatic carbocycles. The molecule has 1 rings (SSSR count). The SMILES string of the molecule is CC1CN(CCOCC(F)F)CCC1=O. The van der Waals surface area contributed by atoms with Crippen molar-refractivity contribution >= 4 is 5.78 Å². The van der Waals surface area contributed by atoms with Crippen LogP contribution >= 0.6 is 0 Å². The Balaban J connectivity index is 2.09. The minimum atomic E-state index is -2.40. The highest BCUT2D eigenvalue weighted by Crippen LogP contribution is 2.11. The predicted octanol–water partition coefficient (Wildman–Crippen LogP) is 1.18. The van der Waals surface area contributed by atoms with Crippen LogP contribution in [0.25, 0.3) is 0 Å². The maximum atomic E-state index is 11.7. The lowest BCUT2D eigenvalue weighted by molar-refractivity contribution is -0.125. The highest BCUT2D eigenvalue weighted by molar-refractivity contribution is 5.81. The quantitative estimate of drug-likeness (QED) is 0.653. The molecule has 1 fully saturated rings. The van der Waals surface area contributed by atoms with Gasteiger partial charge >= 0.3 is 0 Å². The highest BCUT2D eigenvalue weighted by Gasteiger charge is 2.22. The highest BCUT2D eigenvalue weighted by atomic mass is 19.3. The lowest BCUT2D eigenvalue weighted by Gasteiger charge is -2.29. The Morgan fingerprint density at radius 1 is 1.60 bits per heavy atom. The van der Waals surface area contributed by atoms with Crippen LogP contribution in [0.3, 0.4) is 0 Å². The van der Waals surface area contributed by atoms with Gasteiger partial charge in [0.05, 0.1) is 6.61 Å². The first-order valence-corrected chi connectivity index (χ1v) is 5.20. The monoisotopic (exact) mass is 221 g/mol. The van der Waals surface area contributed by atoms with Crippen molar-refractivity contribution in [3.63, 3.8) is 0 Å². The molecule has 0 aromatic rings. The molecule has 1 aliphatic heterocycles. The number of nitrogens with zero attached hydrogens (tertiary/aromatic N) is 1. The summed E-state index contributed by atoms with van der Waals surface area (Å²) in [5, 5.41) is 0. The summed E-state index contributed by atoms with van der Waals surface area (Å²) in [6.07, 6.45) is -1.83. The Morgan fingerprint density at radius 3 is 2.93 bits per heavy atom. The van der Waals surface area contributed by atoms with Crippen LogP contribution in [0.4, 0.5) is 8.78 Å². The number of hydrogen-bond donors (Lipinski definition) is 0. The van der Waals surface area contributed by atoms with Gasteiger partial charge in [0.15, 0.2) is 0 Å². The average molecular weight is 221 g/mol. The number of Topliss-reactive ketones (excluding diaryl/α,β-unsaturated/α-hetero) is 1. The summed E-state index contributed by atoms with van der Waals surface area (Å²) in [5.74, 6) is 0.355. The Morgan fingerprint density at radius 2 is 2.33 bits per heavy atom. The van der Waals surface area contributed by atoms with Gasteiger partial charge in [0.1, 0.15) is 12.4 Å². The van der Waals surface area contributed by atoms with Crippen molar-refractivity contribution in [2.75, 3.05) is 32.8 Å². The van der Waals surface area contributed by atoms with Crippen molar-refractivity contribution in [2.24, 2.45) is 5.92 Å². The molecule has 0 spiro atoms. The molecule has 0 N–H and O–H groups in total. The van der Waals surface area contributed by atoms with Gasteiger partial charge in [-0.05, 0) is 0 Å². The van der Waals surface area contributed by atoms with Crippen LogP contribution in [-0.2, 0) is 9.53 Å². The van der Waals surface area contributed by atoms with Gasteiger partial charge < -0.3 is 4.74 Å². The maximum absolute atomic E-state index is 11.7. The van der Waals surface area contributed by atoms with Crippen LogP contribution in [0, 0.1) is 5.92 Å². The summed E-state index contributed by atoms with van der Waals surface area (Å²) in [5.41, 5.74) is 0. The lowest BCUT2D eigenvalue weighted by atomic mass is 9.99. The van der Waals surface area contributed by atoms with E-state index in [1.807, 2.05) is 6.92 Å². The molecule has 0 saturated carbocycles. The number of likely N-dealkylation sites (tertiary alicyclic amines) is 1. The zero-order valence-corrected chi connectivity index (χ0v) is 8.92. The summed E-state index contributed by atoms with van der Waals surface area (Å²) >= 11 is 0. The van der Waals surface area contributed by atoms with Crippen molar-refractivity contribution < 1.29 is 18.3 Å². The van der Waals surface area contributed by atoms with E-state index in [-0.39, 0.29) is 5.92 Å². The third-order valence-electron chi connectivity index (χ3n) is 2.55. The van der Waals surface area contributed by atoms with Gasteiger partial charge in [-0.2, -0.15) is 0 Å². The van der Waals surface area contributed by atoms with Crippen molar-refractivity contribution in [2.45, 2.75) is 19.8 Å². The molecular weight excluding hydrogens is 204 g/mol. The van der Waals surface area contributed by atoms with Crippen LogP contribution < -0.4 is 0 Å². The smallest absolute Gasteiger partial charge is 0.261 e. The van der Waals surface area contributed by atoms with Crippen LogP contribution in [0.15, 0.2) is 0 Å². The molecule has 0 radical (unpaired) electrons. The standard InChI is InChI=1S/C10H17F2NO2/c1-8-6-13(3-2-9(8)14)4-5-15-7-10(11)12/h8,10H,2-7H2,1H3. The van der Waals surface area contributed by atoms with E-state index >= 15 is 0 Å². The number of carbonyl (C=O) groups excluding carboxylic acids is 1. The van der Waals surface area contributed by atoms with E-state index in [9.17, 15) is 13.6 Å². The molecule has 0 bridgehead atoms. The normalized spacial score (nSPS) is 23.7. The number of ketones is 1. The summed E-state index contributed by atoms with van der Waals surface area (Å²) in [6.45, 7) is 3.78. The number of halogens is 2. The number of hydrogen-bond acceptors (Lipinski definition) is 3. The number of rotatable bonds is 5. The van der Waals surface area contributed by atoms with E-state index in [1.165, 1.54) is 0 Å². The Labute approximate surface area is 88.4 Å². The molecule has 0 aromatic carbocycles. The van der Waals surface area contributed by atoms with Gasteiger partial charge in [-0.1, -0.05) is 6.92 Å². The molecular formula is C10H17F2NO2. The predicted molar refractivity (Wildman–Crippen MR) is 52.1 cm³/mol. The van der Waals surface area contributed by atoms with Crippen molar-refractivity contribution in [3.05, 3.63) is 0 Å². The Hall–Kier alpha value is -0.550. The fourth-order valence-electron chi connectivity index (χ4n) is 1.66. The second-order valence-corrected chi connectivity index (χ2v) is 3.88. The third-order valence-corrected chi connectivity index (χ3v) is 2.55. The van der Waals surface area contributed by atoms with Crippen LogP contribution in [0.1, 0.15) is 13.3 Å². The topological polar surface area (TPSA) is 29.5 Å². The zero-order valence-electron chi connectivity index (χ0n) is 8.92. The molecule has 1 atom stereocenters. The first kappa shape index (κ1) is 12.5. The second kappa shape index (κ2) is 6.12. The number of carbonyl (C=O) groups is 1. The molecule has 5 heteroatoms. The van der Waals surface area contributed by atoms with Gasteiger partial charge in [0.25, 0.3) is 6.43 Å². The number of piperidine rings is 1. The molecule has 1 saturated heterocycles. The van der Waals surface area contributed by atoms with E-state index < -0.39 is 13.0 Å². The van der Waals surface area contributed by atoms with Crippen molar-refractivity contribution in [3.8, 4) is 0 Å². The minimum absolute atomic E-state index is 0.0637. The van der Waals surface area contributed by atoms with Gasteiger partial charge in [0.2, 0.25) is 0 Å². The molecule has 3 nitrogen and oxygen atoms in total. The number of alkyl halides is 2. The molecule has 1 aliphatic rings. The third kappa shape index (κ3) is 4.66. The molecule has 1 heterocycles. The van der Waals surface area contributed by atoms with Crippen LogP contribution in [-0.4, -0.2) is 50.0 Å².